The highest BCUT2D eigenvalue weighted by Gasteiger charge is 2.29. The third-order valence-corrected chi connectivity index (χ3v) is 4.21. The number of carbonyl (C=O) groups is 1. The number of anilines is 1. The lowest BCUT2D eigenvalue weighted by molar-refractivity contribution is -0.136. The van der Waals surface area contributed by atoms with Gasteiger partial charge in [-0.05, 0) is 18.9 Å². The van der Waals surface area contributed by atoms with Gasteiger partial charge in [-0.1, -0.05) is 0 Å². The molecule has 0 aliphatic carbocycles. The van der Waals surface area contributed by atoms with Gasteiger partial charge in [0, 0.05) is 45.2 Å². The molecule has 6 nitrogen and oxygen atoms in total. The fraction of sp³-hybridized carbons (Fsp3) is 0.643. The summed E-state index contributed by atoms with van der Waals surface area (Å²) >= 11 is 0. The van der Waals surface area contributed by atoms with Crippen molar-refractivity contribution in [3.05, 3.63) is 18.5 Å². The Kier molecular flexibility index (Phi) is 4.11. The molecular weight excluding hydrogens is 254 g/mol. The molecule has 0 aromatic carbocycles. The summed E-state index contributed by atoms with van der Waals surface area (Å²) in [6.07, 6.45) is 5.38. The number of piperazine rings is 1. The van der Waals surface area contributed by atoms with E-state index in [1.54, 1.807) is 12.4 Å². The summed E-state index contributed by atoms with van der Waals surface area (Å²) < 4.78 is 0. The predicted molar refractivity (Wildman–Crippen MR) is 76.4 cm³/mol. The average molecular weight is 275 g/mol. The highest BCUT2D eigenvalue weighted by molar-refractivity contribution is 5.79. The first-order valence-electron chi connectivity index (χ1n) is 7.36. The molecule has 3 heterocycles. The molecule has 2 fully saturated rings. The van der Waals surface area contributed by atoms with Crippen LogP contribution in [-0.2, 0) is 4.79 Å². The van der Waals surface area contributed by atoms with Crippen LogP contribution in [0.15, 0.2) is 18.5 Å². The molecule has 6 heteroatoms. The van der Waals surface area contributed by atoms with Crippen LogP contribution >= 0.6 is 0 Å². The second kappa shape index (κ2) is 6.17. The van der Waals surface area contributed by atoms with Crippen LogP contribution in [0.3, 0.4) is 0 Å². The van der Waals surface area contributed by atoms with E-state index in [-0.39, 0.29) is 5.92 Å². The van der Waals surface area contributed by atoms with Crippen molar-refractivity contribution in [3.63, 3.8) is 0 Å². The van der Waals surface area contributed by atoms with Crippen molar-refractivity contribution in [1.82, 2.24) is 20.4 Å². The summed E-state index contributed by atoms with van der Waals surface area (Å²) in [7, 11) is 0. The Hall–Kier alpha value is -1.69. The fourth-order valence-corrected chi connectivity index (χ4v) is 3.00. The van der Waals surface area contributed by atoms with E-state index in [0.717, 1.165) is 57.8 Å². The van der Waals surface area contributed by atoms with Crippen molar-refractivity contribution in [3.8, 4) is 0 Å². The van der Waals surface area contributed by atoms with Crippen molar-refractivity contribution in [1.29, 1.82) is 0 Å². The zero-order valence-electron chi connectivity index (χ0n) is 11.7. The molecule has 20 heavy (non-hydrogen) atoms. The van der Waals surface area contributed by atoms with E-state index in [0.29, 0.717) is 5.91 Å². The number of rotatable bonds is 2. The van der Waals surface area contributed by atoms with E-state index in [2.05, 4.69) is 20.4 Å². The second-order valence-electron chi connectivity index (χ2n) is 5.44. The minimum absolute atomic E-state index is 0.194. The number of nitrogens with zero attached hydrogens (tertiary/aromatic N) is 4. The molecule has 0 radical (unpaired) electrons. The molecular formula is C14H21N5O. The van der Waals surface area contributed by atoms with Crippen LogP contribution < -0.4 is 10.2 Å². The van der Waals surface area contributed by atoms with Gasteiger partial charge in [0.15, 0.2) is 0 Å². The van der Waals surface area contributed by atoms with Crippen LogP contribution in [-0.4, -0.2) is 60.3 Å². The van der Waals surface area contributed by atoms with Crippen LogP contribution in [0, 0.1) is 5.92 Å². The van der Waals surface area contributed by atoms with Gasteiger partial charge in [0.05, 0.1) is 18.1 Å². The molecule has 1 aromatic rings. The van der Waals surface area contributed by atoms with Crippen molar-refractivity contribution in [2.45, 2.75) is 12.8 Å². The quantitative estimate of drug-likeness (QED) is 0.831. The minimum atomic E-state index is 0.194. The molecule has 0 spiro atoms. The van der Waals surface area contributed by atoms with Gasteiger partial charge in [0.2, 0.25) is 5.91 Å². The number of piperidine rings is 1. The first kappa shape index (κ1) is 13.3. The van der Waals surface area contributed by atoms with Crippen LogP contribution in [0.25, 0.3) is 0 Å². The average Bonchev–Trinajstić information content (AvgIpc) is 2.56. The molecule has 1 N–H and O–H groups in total. The third kappa shape index (κ3) is 2.90. The topological polar surface area (TPSA) is 61.4 Å². The Morgan fingerprint density at radius 1 is 1.15 bits per heavy atom. The second-order valence-corrected chi connectivity index (χ2v) is 5.44. The number of aromatic nitrogens is 2. The predicted octanol–water partition coefficient (Wildman–Crippen LogP) is 0.125. The van der Waals surface area contributed by atoms with Gasteiger partial charge in [-0.3, -0.25) is 4.79 Å². The highest BCUT2D eigenvalue weighted by Crippen LogP contribution is 2.23. The molecule has 0 unspecified atom stereocenters. The molecule has 0 saturated carbocycles. The summed E-state index contributed by atoms with van der Waals surface area (Å²) in [5.41, 5.74) is 1.10. The maximum Gasteiger partial charge on any atom is 0.225 e. The van der Waals surface area contributed by atoms with Gasteiger partial charge in [0.25, 0.3) is 0 Å². The Morgan fingerprint density at radius 2 is 1.90 bits per heavy atom. The Morgan fingerprint density at radius 3 is 2.55 bits per heavy atom. The Labute approximate surface area is 119 Å². The van der Waals surface area contributed by atoms with E-state index in [1.165, 1.54) is 0 Å². The molecule has 0 bridgehead atoms. The smallest absolute Gasteiger partial charge is 0.225 e. The van der Waals surface area contributed by atoms with Gasteiger partial charge in [-0.2, -0.15) is 10.2 Å². The third-order valence-electron chi connectivity index (χ3n) is 4.21. The van der Waals surface area contributed by atoms with Crippen molar-refractivity contribution in [2.24, 2.45) is 5.92 Å². The van der Waals surface area contributed by atoms with E-state index < -0.39 is 0 Å². The van der Waals surface area contributed by atoms with Gasteiger partial charge < -0.3 is 15.1 Å². The van der Waals surface area contributed by atoms with E-state index in [4.69, 9.17) is 0 Å². The van der Waals surface area contributed by atoms with Gasteiger partial charge in [-0.25, -0.2) is 0 Å². The zero-order valence-corrected chi connectivity index (χ0v) is 11.7. The summed E-state index contributed by atoms with van der Waals surface area (Å²) in [5, 5.41) is 11.0. The number of nitrogens with one attached hydrogen (secondary N) is 1. The van der Waals surface area contributed by atoms with Crippen molar-refractivity contribution in [2.75, 3.05) is 44.2 Å². The minimum Gasteiger partial charge on any atom is -0.370 e. The van der Waals surface area contributed by atoms with Crippen LogP contribution in [0.2, 0.25) is 0 Å². The molecule has 0 atom stereocenters. The van der Waals surface area contributed by atoms with Gasteiger partial charge in [0.1, 0.15) is 0 Å². The molecule has 2 aliphatic heterocycles. The standard InChI is InChI=1S/C14H21N5O/c20-14(19-9-5-15-6-10-19)12-2-7-18(8-3-12)13-1-4-16-17-11-13/h1,4,11-12,15H,2-3,5-10H2. The van der Waals surface area contributed by atoms with Crippen molar-refractivity contribution < 1.29 is 4.79 Å². The van der Waals surface area contributed by atoms with Crippen LogP contribution in [0.5, 0.6) is 0 Å². The zero-order chi connectivity index (χ0) is 13.8. The lowest BCUT2D eigenvalue weighted by atomic mass is 9.95. The molecule has 3 rings (SSSR count). The first-order chi connectivity index (χ1) is 9.84. The van der Waals surface area contributed by atoms with Gasteiger partial charge >= 0.3 is 0 Å². The normalized spacial score (nSPS) is 21.0. The monoisotopic (exact) mass is 275 g/mol. The summed E-state index contributed by atoms with van der Waals surface area (Å²) in [4.78, 5) is 16.8. The lowest BCUT2D eigenvalue weighted by Gasteiger charge is -2.36. The molecule has 2 saturated heterocycles. The lowest BCUT2D eigenvalue weighted by Crippen LogP contribution is -2.50. The summed E-state index contributed by atoms with van der Waals surface area (Å²) in [6.45, 7) is 5.41. The molecule has 1 aromatic heterocycles. The van der Waals surface area contributed by atoms with E-state index >= 15 is 0 Å². The van der Waals surface area contributed by atoms with Crippen molar-refractivity contribution >= 4 is 11.6 Å². The molecule has 2 aliphatic rings. The Bertz CT molecular complexity index is 438. The fourth-order valence-electron chi connectivity index (χ4n) is 3.00. The molecule has 108 valence electrons. The first-order valence-corrected chi connectivity index (χ1v) is 7.36. The number of carbonyl (C=O) groups excluding carboxylic acids is 1. The van der Waals surface area contributed by atoms with Gasteiger partial charge in [-0.15, -0.1) is 0 Å². The molecule has 1 amide bonds. The van der Waals surface area contributed by atoms with Crippen LogP contribution in [0.4, 0.5) is 5.69 Å². The summed E-state index contributed by atoms with van der Waals surface area (Å²) in [6, 6.07) is 1.98. The number of amides is 1. The van der Waals surface area contributed by atoms with E-state index in [9.17, 15) is 4.79 Å². The number of hydrogen-bond donors (Lipinski definition) is 1. The Balaban J connectivity index is 1.54. The largest absolute Gasteiger partial charge is 0.370 e. The van der Waals surface area contributed by atoms with E-state index in [1.807, 2.05) is 11.0 Å². The highest BCUT2D eigenvalue weighted by atomic mass is 16.2. The SMILES string of the molecule is O=C(C1CCN(c2ccnnc2)CC1)N1CCNCC1. The van der Waals surface area contributed by atoms with Crippen LogP contribution in [0.1, 0.15) is 12.8 Å². The summed E-state index contributed by atoms with van der Waals surface area (Å²) in [5.74, 6) is 0.540. The maximum atomic E-state index is 12.5. The maximum absolute atomic E-state index is 12.5. The number of hydrogen-bond acceptors (Lipinski definition) is 5.